The topological polar surface area (TPSA) is 54.4 Å². The normalized spacial score (nSPS) is 13.5. The van der Waals surface area contributed by atoms with E-state index in [9.17, 15) is 9.59 Å². The number of ketones is 2. The molecule has 2 atom stereocenters. The summed E-state index contributed by atoms with van der Waals surface area (Å²) in [5, 5.41) is 0. The third-order valence-corrected chi connectivity index (χ3v) is 5.55. The average Bonchev–Trinajstić information content (AvgIpc) is 2.88. The number of likely N-dealkylation sites (N-methyl/N-ethyl adjacent to an activating group) is 1. The van der Waals surface area contributed by atoms with Gasteiger partial charge >= 0.3 is 0 Å². The summed E-state index contributed by atoms with van der Waals surface area (Å²) in [6, 6.07) is 8.25. The molecule has 0 aliphatic rings. The van der Waals surface area contributed by atoms with E-state index in [0.29, 0.717) is 11.3 Å². The zero-order valence-corrected chi connectivity index (χ0v) is 16.6. The molecule has 0 spiro atoms. The minimum atomic E-state index is -0.197. The number of quaternary nitrogens is 1. The van der Waals surface area contributed by atoms with E-state index in [1.165, 1.54) is 17.4 Å². The van der Waals surface area contributed by atoms with Crippen molar-refractivity contribution in [3.63, 3.8) is 0 Å². The Morgan fingerprint density at radius 3 is 2.28 bits per heavy atom. The summed E-state index contributed by atoms with van der Waals surface area (Å²) in [5.74, 6) is 0.0406. The average molecular weight is 360 g/mol. The molecule has 0 radical (unpaired) electrons. The Labute approximate surface area is 154 Å². The Bertz CT molecular complexity index is 778. The minimum absolute atomic E-state index is 0.00691. The number of Topliss-reactive ketones (excluding diaryl/α,β-unsaturated/α-hetero) is 2. The first-order chi connectivity index (χ1) is 11.8. The quantitative estimate of drug-likeness (QED) is 0.590. The van der Waals surface area contributed by atoms with E-state index in [4.69, 9.17) is 0 Å². The van der Waals surface area contributed by atoms with Gasteiger partial charge in [0.1, 0.15) is 6.54 Å². The summed E-state index contributed by atoms with van der Waals surface area (Å²) < 4.78 is 0. The van der Waals surface area contributed by atoms with Gasteiger partial charge in [-0.3, -0.25) is 9.59 Å². The molecule has 2 N–H and O–H groups in total. The molecule has 1 unspecified atom stereocenters. The predicted octanol–water partition coefficient (Wildman–Crippen LogP) is 2.84. The van der Waals surface area contributed by atoms with E-state index in [1.54, 1.807) is 11.8 Å². The number of nitrogens with one attached hydrogen (secondary N) is 2. The number of hydrogen-bond acceptors (Lipinski definition) is 3. The summed E-state index contributed by atoms with van der Waals surface area (Å²) in [6.07, 6.45) is 2.06. The van der Waals surface area contributed by atoms with Crippen molar-refractivity contribution in [2.45, 2.75) is 45.2 Å². The summed E-state index contributed by atoms with van der Waals surface area (Å²) in [7, 11) is 2.03. The second-order valence-electron chi connectivity index (χ2n) is 6.64. The van der Waals surface area contributed by atoms with Gasteiger partial charge in [0.25, 0.3) is 0 Å². The van der Waals surface area contributed by atoms with Crippen LogP contribution in [-0.2, 0) is 6.54 Å². The SMILES string of the molecule is CSc1ccc(C[NH+](C)[C@H](C)C(=O)c2[nH]c(C)c(C(C)=O)c2C)cc1. The highest BCUT2D eigenvalue weighted by atomic mass is 32.2. The van der Waals surface area contributed by atoms with Gasteiger partial charge in [-0.15, -0.1) is 11.8 Å². The largest absolute Gasteiger partial charge is 0.355 e. The zero-order chi connectivity index (χ0) is 18.7. The molecule has 0 aliphatic heterocycles. The monoisotopic (exact) mass is 359 g/mol. The van der Waals surface area contributed by atoms with Crippen LogP contribution in [0.5, 0.6) is 0 Å². The third kappa shape index (κ3) is 4.22. The minimum Gasteiger partial charge on any atom is -0.355 e. The van der Waals surface area contributed by atoms with Crippen LogP contribution in [0.3, 0.4) is 0 Å². The van der Waals surface area contributed by atoms with Crippen LogP contribution in [0.2, 0.25) is 0 Å². The van der Waals surface area contributed by atoms with Crippen LogP contribution in [0.1, 0.15) is 51.5 Å². The Hall–Kier alpha value is -1.85. The lowest BCUT2D eigenvalue weighted by Crippen LogP contribution is -3.12. The van der Waals surface area contributed by atoms with Crippen LogP contribution in [0, 0.1) is 13.8 Å². The third-order valence-electron chi connectivity index (χ3n) is 4.81. The lowest BCUT2D eigenvalue weighted by atomic mass is 10.0. The molecule has 0 aliphatic carbocycles. The van der Waals surface area contributed by atoms with Crippen LogP contribution in [0.4, 0.5) is 0 Å². The highest BCUT2D eigenvalue weighted by molar-refractivity contribution is 7.98. The summed E-state index contributed by atoms with van der Waals surface area (Å²) in [6.45, 7) is 7.94. The smallest absolute Gasteiger partial charge is 0.235 e. The van der Waals surface area contributed by atoms with Gasteiger partial charge in [0.2, 0.25) is 5.78 Å². The van der Waals surface area contributed by atoms with Gasteiger partial charge in [0, 0.05) is 21.7 Å². The van der Waals surface area contributed by atoms with Gasteiger partial charge < -0.3 is 9.88 Å². The number of carbonyl (C=O) groups is 2. The Morgan fingerprint density at radius 2 is 1.80 bits per heavy atom. The van der Waals surface area contributed by atoms with Gasteiger partial charge in [-0.1, -0.05) is 12.1 Å². The van der Waals surface area contributed by atoms with Crippen LogP contribution in [0.25, 0.3) is 0 Å². The molecule has 0 bridgehead atoms. The van der Waals surface area contributed by atoms with Crippen molar-refractivity contribution in [1.82, 2.24) is 4.98 Å². The Morgan fingerprint density at radius 1 is 1.20 bits per heavy atom. The number of carbonyl (C=O) groups excluding carboxylic acids is 2. The van der Waals surface area contributed by atoms with Crippen LogP contribution in [0.15, 0.2) is 29.2 Å². The number of rotatable bonds is 7. The van der Waals surface area contributed by atoms with Gasteiger partial charge in [0.05, 0.1) is 12.7 Å². The first-order valence-electron chi connectivity index (χ1n) is 8.45. The maximum absolute atomic E-state index is 12.9. The molecule has 1 heterocycles. The van der Waals surface area contributed by atoms with Crippen molar-refractivity contribution in [2.24, 2.45) is 0 Å². The van der Waals surface area contributed by atoms with Gasteiger partial charge in [-0.25, -0.2) is 0 Å². The van der Waals surface area contributed by atoms with E-state index in [-0.39, 0.29) is 17.6 Å². The van der Waals surface area contributed by atoms with Crippen LogP contribution in [-0.4, -0.2) is 35.9 Å². The van der Waals surface area contributed by atoms with E-state index >= 15 is 0 Å². The fraction of sp³-hybridized carbons (Fsp3) is 0.400. The second-order valence-corrected chi connectivity index (χ2v) is 7.52. The number of hydrogen-bond donors (Lipinski definition) is 2. The maximum atomic E-state index is 12.9. The van der Waals surface area contributed by atoms with Crippen molar-refractivity contribution in [3.05, 3.63) is 52.3 Å². The van der Waals surface area contributed by atoms with Crippen LogP contribution < -0.4 is 4.90 Å². The molecule has 1 aromatic carbocycles. The van der Waals surface area contributed by atoms with Crippen molar-refractivity contribution in [2.75, 3.05) is 13.3 Å². The Balaban J connectivity index is 2.15. The molecule has 2 aromatic rings. The number of aromatic amines is 1. The van der Waals surface area contributed by atoms with Crippen LogP contribution >= 0.6 is 11.8 Å². The fourth-order valence-electron chi connectivity index (χ4n) is 3.18. The molecule has 0 amide bonds. The summed E-state index contributed by atoms with van der Waals surface area (Å²) >= 11 is 1.72. The second kappa shape index (κ2) is 8.02. The van der Waals surface area contributed by atoms with E-state index < -0.39 is 0 Å². The predicted molar refractivity (Wildman–Crippen MR) is 103 cm³/mol. The van der Waals surface area contributed by atoms with Crippen molar-refractivity contribution in [3.8, 4) is 0 Å². The fourth-order valence-corrected chi connectivity index (χ4v) is 3.59. The van der Waals surface area contributed by atoms with E-state index in [2.05, 4.69) is 35.5 Å². The van der Waals surface area contributed by atoms with E-state index in [0.717, 1.165) is 22.7 Å². The molecule has 25 heavy (non-hydrogen) atoms. The maximum Gasteiger partial charge on any atom is 0.235 e. The van der Waals surface area contributed by atoms with Gasteiger partial charge in [0.15, 0.2) is 11.8 Å². The standard InChI is InChI=1S/C20H26N2O2S/c1-12-18(15(4)23)13(2)21-19(12)20(24)14(3)22(5)11-16-7-9-17(25-6)10-8-16/h7-10,14,21H,11H2,1-6H3/p+1/t14-/m1/s1. The molecule has 1 aromatic heterocycles. The molecule has 134 valence electrons. The highest BCUT2D eigenvalue weighted by Gasteiger charge is 2.28. The Kier molecular flexibility index (Phi) is 6.25. The molecule has 0 saturated heterocycles. The molecule has 2 rings (SSSR count). The lowest BCUT2D eigenvalue weighted by molar-refractivity contribution is -0.907. The molecular weight excluding hydrogens is 332 g/mol. The summed E-state index contributed by atoms with van der Waals surface area (Å²) in [5.41, 5.74) is 3.94. The van der Waals surface area contributed by atoms with Gasteiger partial charge in [-0.05, 0) is 51.6 Å². The lowest BCUT2D eigenvalue weighted by Gasteiger charge is -2.21. The molecular formula is C20H27N2O2S+. The highest BCUT2D eigenvalue weighted by Crippen LogP contribution is 2.19. The molecule has 5 heteroatoms. The van der Waals surface area contributed by atoms with Crippen molar-refractivity contribution >= 4 is 23.3 Å². The number of aromatic nitrogens is 1. The number of benzene rings is 1. The number of aryl methyl sites for hydroxylation is 1. The van der Waals surface area contributed by atoms with Crippen molar-refractivity contribution in [1.29, 1.82) is 0 Å². The first-order valence-corrected chi connectivity index (χ1v) is 9.68. The molecule has 4 nitrogen and oxygen atoms in total. The van der Waals surface area contributed by atoms with Gasteiger partial charge in [-0.2, -0.15) is 0 Å². The van der Waals surface area contributed by atoms with Crippen molar-refractivity contribution < 1.29 is 14.5 Å². The molecule has 0 fully saturated rings. The first kappa shape index (κ1) is 19.5. The van der Waals surface area contributed by atoms with E-state index in [1.807, 2.05) is 27.8 Å². The number of H-pyrrole nitrogens is 1. The summed E-state index contributed by atoms with van der Waals surface area (Å²) in [4.78, 5) is 30.2. The number of thioether (sulfide) groups is 1. The molecule has 0 saturated carbocycles. The zero-order valence-electron chi connectivity index (χ0n) is 15.8.